The zero-order valence-corrected chi connectivity index (χ0v) is 13.1. The lowest BCUT2D eigenvalue weighted by molar-refractivity contribution is 0.0844. The van der Waals surface area contributed by atoms with Gasteiger partial charge in [-0.05, 0) is 40.5 Å². The Morgan fingerprint density at radius 1 is 1.35 bits per heavy atom. The molecule has 0 aliphatic rings. The van der Waals surface area contributed by atoms with Crippen molar-refractivity contribution in [2.75, 3.05) is 12.4 Å². The molecule has 0 spiro atoms. The van der Waals surface area contributed by atoms with Gasteiger partial charge in [0, 0.05) is 17.7 Å². The lowest BCUT2D eigenvalue weighted by atomic mass is 10.2. The summed E-state index contributed by atoms with van der Waals surface area (Å²) in [6, 6.07) is 1.61. The summed E-state index contributed by atoms with van der Waals surface area (Å²) < 4.78 is 4.84. The van der Waals surface area contributed by atoms with Crippen LogP contribution in [0.5, 0.6) is 0 Å². The molecule has 2 heterocycles. The third-order valence-electron chi connectivity index (χ3n) is 2.50. The first-order valence-electron chi connectivity index (χ1n) is 5.61. The first-order chi connectivity index (χ1) is 9.52. The number of aryl methyl sites for hydroxylation is 1. The number of aromatic nitrogens is 2. The molecule has 0 saturated heterocycles. The highest BCUT2D eigenvalue weighted by Gasteiger charge is 2.18. The second kappa shape index (κ2) is 6.06. The molecular weight excluding hydrogens is 346 g/mol. The summed E-state index contributed by atoms with van der Waals surface area (Å²) >= 11 is 4.42. The van der Waals surface area contributed by atoms with Gasteiger partial charge in [0.15, 0.2) is 0 Å². The van der Waals surface area contributed by atoms with Crippen molar-refractivity contribution >= 4 is 44.3 Å². The molecule has 0 saturated carbocycles. The number of amides is 2. The predicted molar refractivity (Wildman–Crippen MR) is 79.8 cm³/mol. The molecule has 4 N–H and O–H groups in total. The molecule has 2 aromatic heterocycles. The molecule has 2 aromatic rings. The highest BCUT2D eigenvalue weighted by molar-refractivity contribution is 9.10. The fourth-order valence-corrected chi connectivity index (χ4v) is 2.64. The van der Waals surface area contributed by atoms with Gasteiger partial charge in [0.1, 0.15) is 10.7 Å². The molecule has 2 amide bonds. The van der Waals surface area contributed by atoms with Crippen molar-refractivity contribution in [1.82, 2.24) is 20.2 Å². The first-order valence-corrected chi connectivity index (χ1v) is 7.18. The zero-order chi connectivity index (χ0) is 14.7. The van der Waals surface area contributed by atoms with Gasteiger partial charge in [-0.15, -0.1) is 0 Å². The van der Waals surface area contributed by atoms with Crippen LogP contribution in [0.2, 0.25) is 0 Å². The van der Waals surface area contributed by atoms with E-state index in [0.717, 1.165) is 4.47 Å². The maximum absolute atomic E-state index is 12.0. The molecule has 9 heteroatoms. The van der Waals surface area contributed by atoms with Crippen LogP contribution in [-0.4, -0.2) is 28.2 Å². The van der Waals surface area contributed by atoms with Crippen LogP contribution in [0.15, 0.2) is 16.7 Å². The highest BCUT2D eigenvalue weighted by Crippen LogP contribution is 2.23. The molecular formula is C11H12BrN5O2S. The molecule has 0 bridgehead atoms. The van der Waals surface area contributed by atoms with Crippen LogP contribution >= 0.6 is 27.5 Å². The van der Waals surface area contributed by atoms with E-state index in [0.29, 0.717) is 22.0 Å². The van der Waals surface area contributed by atoms with Crippen molar-refractivity contribution in [3.05, 3.63) is 33.7 Å². The minimum Gasteiger partial charge on any atom is -0.378 e. The summed E-state index contributed by atoms with van der Waals surface area (Å²) in [6.07, 6.45) is 1.63. The van der Waals surface area contributed by atoms with Crippen LogP contribution in [0.3, 0.4) is 0 Å². The molecule has 0 radical (unpaired) electrons. The molecule has 20 heavy (non-hydrogen) atoms. The summed E-state index contributed by atoms with van der Waals surface area (Å²) in [6.45, 7) is 1.73. The van der Waals surface area contributed by atoms with E-state index in [1.165, 1.54) is 11.5 Å². The standard InChI is InChI=1S/C11H12BrN5O2S/c1-5-8(11(13-2)20-17-5)10(19)16-15-9(18)7-3-6(12)4-14-7/h3-4,13-14H,1-2H3,(H,15,18)(H,16,19). The second-order valence-corrected chi connectivity index (χ2v) is 5.55. The molecule has 106 valence electrons. The lowest BCUT2D eigenvalue weighted by Gasteiger charge is -2.07. The van der Waals surface area contributed by atoms with Crippen molar-refractivity contribution in [3.8, 4) is 0 Å². The molecule has 0 aliphatic carbocycles. The third kappa shape index (κ3) is 2.99. The lowest BCUT2D eigenvalue weighted by Crippen LogP contribution is -2.42. The summed E-state index contributed by atoms with van der Waals surface area (Å²) in [7, 11) is 1.71. The SMILES string of the molecule is CNc1snc(C)c1C(=O)NNC(=O)c1cc(Br)c[nH]1. The fourth-order valence-electron chi connectivity index (χ4n) is 1.55. The molecule has 0 unspecified atom stereocenters. The van der Waals surface area contributed by atoms with E-state index in [-0.39, 0.29) is 0 Å². The van der Waals surface area contributed by atoms with Crippen molar-refractivity contribution in [2.45, 2.75) is 6.92 Å². The molecule has 7 nitrogen and oxygen atoms in total. The quantitative estimate of drug-likeness (QED) is 0.627. The molecule has 0 aromatic carbocycles. The number of halogens is 1. The van der Waals surface area contributed by atoms with Crippen molar-refractivity contribution in [1.29, 1.82) is 0 Å². The Morgan fingerprint density at radius 2 is 2.05 bits per heavy atom. The van der Waals surface area contributed by atoms with E-state index >= 15 is 0 Å². The van der Waals surface area contributed by atoms with E-state index in [1.54, 1.807) is 26.2 Å². The van der Waals surface area contributed by atoms with Crippen molar-refractivity contribution < 1.29 is 9.59 Å². The number of carbonyl (C=O) groups excluding carboxylic acids is 2. The van der Waals surface area contributed by atoms with Crippen LogP contribution in [0.4, 0.5) is 5.00 Å². The van der Waals surface area contributed by atoms with E-state index in [1.807, 2.05) is 0 Å². The second-order valence-electron chi connectivity index (χ2n) is 3.86. The van der Waals surface area contributed by atoms with Gasteiger partial charge in [0.05, 0.1) is 11.3 Å². The Morgan fingerprint density at radius 3 is 2.65 bits per heavy atom. The zero-order valence-electron chi connectivity index (χ0n) is 10.7. The number of hydrazine groups is 1. The summed E-state index contributed by atoms with van der Waals surface area (Å²) in [4.78, 5) is 26.6. The van der Waals surface area contributed by atoms with Crippen LogP contribution < -0.4 is 16.2 Å². The van der Waals surface area contributed by atoms with Gasteiger partial charge < -0.3 is 10.3 Å². The minimum atomic E-state index is -0.434. The Balaban J connectivity index is 2.02. The van der Waals surface area contributed by atoms with Gasteiger partial charge >= 0.3 is 0 Å². The first kappa shape index (κ1) is 14.5. The van der Waals surface area contributed by atoms with Gasteiger partial charge in [-0.3, -0.25) is 20.4 Å². The number of aromatic amines is 1. The molecule has 0 aliphatic heterocycles. The van der Waals surface area contributed by atoms with E-state index in [2.05, 4.69) is 41.5 Å². The van der Waals surface area contributed by atoms with Gasteiger partial charge in [-0.2, -0.15) is 4.37 Å². The third-order valence-corrected chi connectivity index (χ3v) is 3.91. The Hall–Kier alpha value is -1.87. The van der Waals surface area contributed by atoms with Crippen molar-refractivity contribution in [2.24, 2.45) is 0 Å². The summed E-state index contributed by atoms with van der Waals surface area (Å²) in [5.41, 5.74) is 6.06. The van der Waals surface area contributed by atoms with E-state index in [9.17, 15) is 9.59 Å². The Kier molecular flexibility index (Phi) is 4.40. The predicted octanol–water partition coefficient (Wildman–Crippen LogP) is 1.66. The number of nitrogens with one attached hydrogen (secondary N) is 4. The van der Waals surface area contributed by atoms with Gasteiger partial charge in [0.2, 0.25) is 0 Å². The fraction of sp³-hybridized carbons (Fsp3) is 0.182. The monoisotopic (exact) mass is 357 g/mol. The van der Waals surface area contributed by atoms with E-state index < -0.39 is 11.8 Å². The minimum absolute atomic E-state index is 0.339. The number of anilines is 1. The molecule has 0 atom stereocenters. The van der Waals surface area contributed by atoms with Crippen LogP contribution in [0, 0.1) is 6.92 Å². The van der Waals surface area contributed by atoms with Crippen LogP contribution in [0.25, 0.3) is 0 Å². The molecule has 0 fully saturated rings. The topological polar surface area (TPSA) is 98.9 Å². The van der Waals surface area contributed by atoms with Gasteiger partial charge in [-0.25, -0.2) is 0 Å². The Bertz CT molecular complexity index is 651. The number of rotatable bonds is 3. The van der Waals surface area contributed by atoms with Crippen LogP contribution in [-0.2, 0) is 0 Å². The molecule has 2 rings (SSSR count). The average Bonchev–Trinajstić information content (AvgIpc) is 3.01. The average molecular weight is 358 g/mol. The number of H-pyrrole nitrogens is 1. The maximum atomic E-state index is 12.0. The van der Waals surface area contributed by atoms with Gasteiger partial charge in [0.25, 0.3) is 11.8 Å². The number of hydrogen-bond acceptors (Lipinski definition) is 5. The highest BCUT2D eigenvalue weighted by atomic mass is 79.9. The number of nitrogens with zero attached hydrogens (tertiary/aromatic N) is 1. The largest absolute Gasteiger partial charge is 0.378 e. The maximum Gasteiger partial charge on any atom is 0.286 e. The normalized spacial score (nSPS) is 10.2. The Labute approximate surface area is 127 Å². The van der Waals surface area contributed by atoms with E-state index in [4.69, 9.17) is 0 Å². The van der Waals surface area contributed by atoms with Crippen molar-refractivity contribution in [3.63, 3.8) is 0 Å². The summed E-state index contributed by atoms with van der Waals surface area (Å²) in [5.74, 6) is -0.851. The number of hydrogen-bond donors (Lipinski definition) is 4. The van der Waals surface area contributed by atoms with Gasteiger partial charge in [-0.1, -0.05) is 0 Å². The summed E-state index contributed by atoms with van der Waals surface area (Å²) in [5, 5.41) is 3.54. The smallest absolute Gasteiger partial charge is 0.286 e. The van der Waals surface area contributed by atoms with Crippen LogP contribution in [0.1, 0.15) is 26.5 Å². The number of carbonyl (C=O) groups is 2.